The molecule has 0 aliphatic rings. The van der Waals surface area contributed by atoms with Crippen LogP contribution in [-0.2, 0) is 13.1 Å². The van der Waals surface area contributed by atoms with Gasteiger partial charge in [-0.15, -0.1) is 0 Å². The third kappa shape index (κ3) is 3.89. The van der Waals surface area contributed by atoms with Gasteiger partial charge in [-0.2, -0.15) is 10.5 Å². The molecule has 104 valence electrons. The SMILES string of the molecule is CN(Cc1cccc(C#N)c1)Cc1cc(F)ccc1C#N. The molecule has 0 radical (unpaired) electrons. The maximum absolute atomic E-state index is 13.3. The first-order valence-electron chi connectivity index (χ1n) is 6.48. The van der Waals surface area contributed by atoms with Crippen molar-refractivity contribution in [3.63, 3.8) is 0 Å². The van der Waals surface area contributed by atoms with E-state index in [2.05, 4.69) is 12.1 Å². The van der Waals surface area contributed by atoms with Gasteiger partial charge in [0, 0.05) is 13.1 Å². The van der Waals surface area contributed by atoms with Gasteiger partial charge < -0.3 is 0 Å². The minimum absolute atomic E-state index is 0.344. The second-order valence-corrected chi connectivity index (χ2v) is 4.90. The zero-order valence-electron chi connectivity index (χ0n) is 11.7. The summed E-state index contributed by atoms with van der Waals surface area (Å²) >= 11 is 0. The average molecular weight is 279 g/mol. The summed E-state index contributed by atoms with van der Waals surface area (Å²) in [7, 11) is 1.89. The standard InChI is InChI=1S/C17H14FN3/c1-21(11-14-4-2-3-13(7-14)9-19)12-16-8-17(18)6-5-15(16)10-20/h2-8H,11-12H2,1H3. The molecule has 3 nitrogen and oxygen atoms in total. The Labute approximate surface area is 123 Å². The topological polar surface area (TPSA) is 50.8 Å². The molecular formula is C17H14FN3. The summed E-state index contributed by atoms with van der Waals surface area (Å²) in [6, 6.07) is 15.7. The lowest BCUT2D eigenvalue weighted by molar-refractivity contribution is 0.318. The Morgan fingerprint density at radius 2 is 1.86 bits per heavy atom. The highest BCUT2D eigenvalue weighted by Crippen LogP contribution is 2.14. The van der Waals surface area contributed by atoms with Gasteiger partial charge in [0.05, 0.1) is 23.3 Å². The highest BCUT2D eigenvalue weighted by atomic mass is 19.1. The number of hydrogen-bond donors (Lipinski definition) is 0. The Morgan fingerprint density at radius 1 is 1.05 bits per heavy atom. The van der Waals surface area contributed by atoms with E-state index in [1.165, 1.54) is 18.2 Å². The molecule has 0 fully saturated rings. The van der Waals surface area contributed by atoms with Gasteiger partial charge in [0.2, 0.25) is 0 Å². The van der Waals surface area contributed by atoms with Crippen LogP contribution < -0.4 is 0 Å². The van der Waals surface area contributed by atoms with Crippen LogP contribution in [0.25, 0.3) is 0 Å². The van der Waals surface area contributed by atoms with Crippen LogP contribution in [0.15, 0.2) is 42.5 Å². The first kappa shape index (κ1) is 14.7. The lowest BCUT2D eigenvalue weighted by atomic mass is 10.1. The molecule has 21 heavy (non-hydrogen) atoms. The van der Waals surface area contributed by atoms with E-state index in [0.29, 0.717) is 29.8 Å². The van der Waals surface area contributed by atoms with Gasteiger partial charge in [-0.05, 0) is 48.5 Å². The van der Waals surface area contributed by atoms with Crippen molar-refractivity contribution in [2.75, 3.05) is 7.05 Å². The molecule has 0 saturated carbocycles. The van der Waals surface area contributed by atoms with E-state index in [4.69, 9.17) is 10.5 Å². The van der Waals surface area contributed by atoms with Gasteiger partial charge in [-0.3, -0.25) is 4.90 Å². The summed E-state index contributed by atoms with van der Waals surface area (Å²) in [6.07, 6.45) is 0. The molecule has 2 aromatic carbocycles. The Morgan fingerprint density at radius 3 is 2.57 bits per heavy atom. The van der Waals surface area contributed by atoms with Crippen LogP contribution in [0.5, 0.6) is 0 Å². The molecule has 0 aromatic heterocycles. The van der Waals surface area contributed by atoms with Crippen LogP contribution in [0, 0.1) is 28.5 Å². The molecule has 0 aliphatic carbocycles. The molecule has 0 unspecified atom stereocenters. The van der Waals surface area contributed by atoms with Crippen LogP contribution in [0.4, 0.5) is 4.39 Å². The van der Waals surface area contributed by atoms with E-state index >= 15 is 0 Å². The highest BCUT2D eigenvalue weighted by Gasteiger charge is 2.08. The molecule has 0 spiro atoms. The van der Waals surface area contributed by atoms with Crippen molar-refractivity contribution in [3.05, 3.63) is 70.5 Å². The summed E-state index contributed by atoms with van der Waals surface area (Å²) in [5.74, 6) is -0.344. The first-order valence-corrected chi connectivity index (χ1v) is 6.48. The molecule has 0 heterocycles. The fourth-order valence-electron chi connectivity index (χ4n) is 2.20. The molecule has 2 aromatic rings. The summed E-state index contributed by atoms with van der Waals surface area (Å²) in [5.41, 5.74) is 2.77. The molecule has 2 rings (SSSR count). The van der Waals surface area contributed by atoms with Crippen molar-refractivity contribution < 1.29 is 4.39 Å². The van der Waals surface area contributed by atoms with E-state index in [1.807, 2.05) is 30.1 Å². The number of halogens is 1. The number of nitriles is 2. The first-order chi connectivity index (χ1) is 10.1. The zero-order valence-corrected chi connectivity index (χ0v) is 11.7. The fraction of sp³-hybridized carbons (Fsp3) is 0.176. The Bertz CT molecular complexity index is 726. The predicted molar refractivity (Wildman–Crippen MR) is 77.4 cm³/mol. The maximum Gasteiger partial charge on any atom is 0.123 e. The van der Waals surface area contributed by atoms with Crippen molar-refractivity contribution in [3.8, 4) is 12.1 Å². The van der Waals surface area contributed by atoms with Gasteiger partial charge >= 0.3 is 0 Å². The highest BCUT2D eigenvalue weighted by molar-refractivity contribution is 5.38. The second-order valence-electron chi connectivity index (χ2n) is 4.90. The van der Waals surface area contributed by atoms with Crippen molar-refractivity contribution in [2.45, 2.75) is 13.1 Å². The normalized spacial score (nSPS) is 10.1. The van der Waals surface area contributed by atoms with Crippen molar-refractivity contribution >= 4 is 0 Å². The van der Waals surface area contributed by atoms with Gasteiger partial charge in [-0.25, -0.2) is 4.39 Å². The van der Waals surface area contributed by atoms with Crippen molar-refractivity contribution in [1.82, 2.24) is 4.90 Å². The van der Waals surface area contributed by atoms with Gasteiger partial charge in [0.15, 0.2) is 0 Å². The largest absolute Gasteiger partial charge is 0.298 e. The summed E-state index contributed by atoms with van der Waals surface area (Å²) in [6.45, 7) is 1.09. The van der Waals surface area contributed by atoms with Crippen LogP contribution in [-0.4, -0.2) is 11.9 Å². The average Bonchev–Trinajstić information content (AvgIpc) is 2.47. The van der Waals surface area contributed by atoms with Gasteiger partial charge in [-0.1, -0.05) is 12.1 Å². The lowest BCUT2D eigenvalue weighted by Crippen LogP contribution is -2.18. The summed E-state index contributed by atoms with van der Waals surface area (Å²) < 4.78 is 13.3. The van der Waals surface area contributed by atoms with E-state index < -0.39 is 0 Å². The second kappa shape index (κ2) is 6.65. The molecule has 4 heteroatoms. The van der Waals surface area contributed by atoms with Gasteiger partial charge in [0.1, 0.15) is 5.82 Å². The fourth-order valence-corrected chi connectivity index (χ4v) is 2.20. The third-order valence-electron chi connectivity index (χ3n) is 3.14. The zero-order chi connectivity index (χ0) is 15.2. The molecule has 0 bridgehead atoms. The van der Waals surface area contributed by atoms with E-state index in [-0.39, 0.29) is 5.82 Å². The smallest absolute Gasteiger partial charge is 0.123 e. The van der Waals surface area contributed by atoms with E-state index in [1.54, 1.807) is 6.07 Å². The molecular weight excluding hydrogens is 265 g/mol. The van der Waals surface area contributed by atoms with Crippen molar-refractivity contribution in [1.29, 1.82) is 10.5 Å². The Balaban J connectivity index is 2.12. The Hall–Kier alpha value is -2.69. The molecule has 0 saturated heterocycles. The lowest BCUT2D eigenvalue weighted by Gasteiger charge is -2.17. The summed E-state index contributed by atoms with van der Waals surface area (Å²) in [4.78, 5) is 1.98. The minimum Gasteiger partial charge on any atom is -0.298 e. The van der Waals surface area contributed by atoms with Gasteiger partial charge in [0.25, 0.3) is 0 Å². The Kier molecular flexibility index (Phi) is 4.66. The van der Waals surface area contributed by atoms with Crippen LogP contribution in [0.1, 0.15) is 22.3 Å². The van der Waals surface area contributed by atoms with Crippen molar-refractivity contribution in [2.24, 2.45) is 0 Å². The van der Waals surface area contributed by atoms with Crippen LogP contribution in [0.2, 0.25) is 0 Å². The molecule has 0 amide bonds. The predicted octanol–water partition coefficient (Wildman–Crippen LogP) is 3.20. The molecule has 0 atom stereocenters. The third-order valence-corrected chi connectivity index (χ3v) is 3.14. The quantitative estimate of drug-likeness (QED) is 0.863. The summed E-state index contributed by atoms with van der Waals surface area (Å²) in [5, 5.41) is 17.9. The van der Waals surface area contributed by atoms with Crippen LogP contribution >= 0.6 is 0 Å². The minimum atomic E-state index is -0.344. The number of hydrogen-bond acceptors (Lipinski definition) is 3. The maximum atomic E-state index is 13.3. The number of benzene rings is 2. The van der Waals surface area contributed by atoms with Crippen LogP contribution in [0.3, 0.4) is 0 Å². The van der Waals surface area contributed by atoms with E-state index in [0.717, 1.165) is 5.56 Å². The van der Waals surface area contributed by atoms with E-state index in [9.17, 15) is 4.39 Å². The number of nitrogens with zero attached hydrogens (tertiary/aromatic N) is 3. The molecule has 0 aliphatic heterocycles. The molecule has 0 N–H and O–H groups in total. The number of rotatable bonds is 4. The monoisotopic (exact) mass is 279 g/mol.